The van der Waals surface area contributed by atoms with E-state index < -0.39 is 6.61 Å². The van der Waals surface area contributed by atoms with Gasteiger partial charge in [0, 0.05) is 6.61 Å². The van der Waals surface area contributed by atoms with E-state index in [4.69, 9.17) is 10.8 Å². The second-order valence-corrected chi connectivity index (χ2v) is 3.39. The Morgan fingerprint density at radius 2 is 1.88 bits per heavy atom. The molecule has 5 heteroatoms. The molecule has 0 amide bonds. The van der Waals surface area contributed by atoms with Crippen LogP contribution in [-0.4, -0.2) is 24.9 Å². The van der Waals surface area contributed by atoms with E-state index in [1.165, 1.54) is 12.1 Å². The zero-order valence-corrected chi connectivity index (χ0v) is 8.77. The number of halogens is 2. The molecule has 0 aliphatic carbocycles. The lowest BCUT2D eigenvalue weighted by molar-refractivity contribution is -0.0498. The van der Waals surface area contributed by atoms with Crippen molar-refractivity contribution >= 4 is 0 Å². The number of aliphatic hydroxyl groups excluding tert-OH is 1. The standard InChI is InChI=1S/C11H15F2NO2/c12-11(13)16-10-3-1-8(2-4-10)9(7-14)5-6-15/h1-4,9,11,15H,5-7,14H2. The molecular formula is C11H15F2NO2. The monoisotopic (exact) mass is 231 g/mol. The highest BCUT2D eigenvalue weighted by Gasteiger charge is 2.10. The van der Waals surface area contributed by atoms with Crippen molar-refractivity contribution in [1.82, 2.24) is 0 Å². The van der Waals surface area contributed by atoms with Crippen molar-refractivity contribution in [3.63, 3.8) is 0 Å². The Morgan fingerprint density at radius 1 is 1.25 bits per heavy atom. The van der Waals surface area contributed by atoms with Crippen molar-refractivity contribution in [3.05, 3.63) is 29.8 Å². The fourth-order valence-corrected chi connectivity index (χ4v) is 1.50. The molecule has 0 fully saturated rings. The molecule has 3 N–H and O–H groups in total. The van der Waals surface area contributed by atoms with Crippen LogP contribution in [0.5, 0.6) is 5.75 Å². The number of hydrogen-bond acceptors (Lipinski definition) is 3. The van der Waals surface area contributed by atoms with Gasteiger partial charge in [-0.2, -0.15) is 8.78 Å². The molecule has 0 bridgehead atoms. The second kappa shape index (κ2) is 6.40. The lowest BCUT2D eigenvalue weighted by Gasteiger charge is -2.14. The number of rotatable bonds is 6. The summed E-state index contributed by atoms with van der Waals surface area (Å²) in [7, 11) is 0. The van der Waals surface area contributed by atoms with Crippen LogP contribution in [0.3, 0.4) is 0 Å². The summed E-state index contributed by atoms with van der Waals surface area (Å²) in [5.41, 5.74) is 6.46. The summed E-state index contributed by atoms with van der Waals surface area (Å²) in [5.74, 6) is 0.170. The van der Waals surface area contributed by atoms with Crippen LogP contribution >= 0.6 is 0 Å². The number of ether oxygens (including phenoxy) is 1. The molecule has 0 radical (unpaired) electrons. The van der Waals surface area contributed by atoms with Crippen LogP contribution in [0.1, 0.15) is 17.9 Å². The summed E-state index contributed by atoms with van der Waals surface area (Å²) < 4.78 is 28.0. The van der Waals surface area contributed by atoms with Crippen LogP contribution in [0.25, 0.3) is 0 Å². The van der Waals surface area contributed by atoms with Gasteiger partial charge in [0.25, 0.3) is 0 Å². The van der Waals surface area contributed by atoms with E-state index in [-0.39, 0.29) is 18.3 Å². The first-order valence-electron chi connectivity index (χ1n) is 5.03. The van der Waals surface area contributed by atoms with Gasteiger partial charge in [0.15, 0.2) is 0 Å². The number of aliphatic hydroxyl groups is 1. The normalized spacial score (nSPS) is 12.8. The number of nitrogens with two attached hydrogens (primary N) is 1. The first kappa shape index (κ1) is 12.9. The van der Waals surface area contributed by atoms with Crippen LogP contribution in [0.2, 0.25) is 0 Å². The highest BCUT2D eigenvalue weighted by Crippen LogP contribution is 2.22. The number of alkyl halides is 2. The second-order valence-electron chi connectivity index (χ2n) is 3.39. The van der Waals surface area contributed by atoms with Gasteiger partial charge in [-0.25, -0.2) is 0 Å². The predicted octanol–water partition coefficient (Wildman–Crippen LogP) is 1.71. The highest BCUT2D eigenvalue weighted by molar-refractivity contribution is 5.29. The fourth-order valence-electron chi connectivity index (χ4n) is 1.50. The summed E-state index contributed by atoms with van der Waals surface area (Å²) in [6, 6.07) is 6.32. The van der Waals surface area contributed by atoms with Crippen molar-refractivity contribution in [2.24, 2.45) is 5.73 Å². The summed E-state index contributed by atoms with van der Waals surface area (Å²) in [6.45, 7) is -2.35. The highest BCUT2D eigenvalue weighted by atomic mass is 19.3. The lowest BCUT2D eigenvalue weighted by Crippen LogP contribution is -2.13. The smallest absolute Gasteiger partial charge is 0.387 e. The maximum Gasteiger partial charge on any atom is 0.387 e. The number of benzene rings is 1. The largest absolute Gasteiger partial charge is 0.435 e. The molecule has 3 nitrogen and oxygen atoms in total. The molecule has 1 unspecified atom stereocenters. The van der Waals surface area contributed by atoms with E-state index in [9.17, 15) is 8.78 Å². The minimum absolute atomic E-state index is 0.0469. The molecule has 90 valence electrons. The third kappa shape index (κ3) is 3.75. The van der Waals surface area contributed by atoms with Gasteiger partial charge in [0.2, 0.25) is 0 Å². The molecule has 0 spiro atoms. The minimum atomic E-state index is -2.81. The quantitative estimate of drug-likeness (QED) is 0.783. The van der Waals surface area contributed by atoms with E-state index in [1.807, 2.05) is 0 Å². The van der Waals surface area contributed by atoms with Crippen LogP contribution in [-0.2, 0) is 0 Å². The van der Waals surface area contributed by atoms with E-state index in [1.54, 1.807) is 12.1 Å². The average Bonchev–Trinajstić information content (AvgIpc) is 2.26. The lowest BCUT2D eigenvalue weighted by atomic mass is 9.96. The Kier molecular flexibility index (Phi) is 5.14. The Morgan fingerprint density at radius 3 is 2.31 bits per heavy atom. The van der Waals surface area contributed by atoms with Crippen molar-refractivity contribution in [2.45, 2.75) is 19.0 Å². The van der Waals surface area contributed by atoms with Crippen LogP contribution in [0.4, 0.5) is 8.78 Å². The first-order chi connectivity index (χ1) is 7.67. The van der Waals surface area contributed by atoms with Crippen LogP contribution < -0.4 is 10.5 Å². The summed E-state index contributed by atoms with van der Waals surface area (Å²) in [6.07, 6.45) is 0.561. The zero-order valence-electron chi connectivity index (χ0n) is 8.77. The fraction of sp³-hybridized carbons (Fsp3) is 0.455. The molecule has 0 aliphatic rings. The van der Waals surface area contributed by atoms with Gasteiger partial charge in [-0.1, -0.05) is 12.1 Å². The molecule has 0 aliphatic heterocycles. The van der Waals surface area contributed by atoms with E-state index in [0.29, 0.717) is 13.0 Å². The maximum atomic E-state index is 11.9. The molecular weight excluding hydrogens is 216 g/mol. The molecule has 0 saturated heterocycles. The van der Waals surface area contributed by atoms with E-state index in [2.05, 4.69) is 4.74 Å². The molecule has 0 aromatic heterocycles. The molecule has 1 atom stereocenters. The Hall–Kier alpha value is -1.20. The van der Waals surface area contributed by atoms with Crippen molar-refractivity contribution in [3.8, 4) is 5.75 Å². The Balaban J connectivity index is 2.69. The number of hydrogen-bond donors (Lipinski definition) is 2. The summed E-state index contributed by atoms with van der Waals surface area (Å²) in [4.78, 5) is 0. The minimum Gasteiger partial charge on any atom is -0.435 e. The molecule has 1 aromatic rings. The summed E-state index contributed by atoms with van der Waals surface area (Å²) >= 11 is 0. The zero-order chi connectivity index (χ0) is 12.0. The van der Waals surface area contributed by atoms with Gasteiger partial charge >= 0.3 is 6.61 Å². The SMILES string of the molecule is NCC(CCO)c1ccc(OC(F)F)cc1. The van der Waals surface area contributed by atoms with Crippen molar-refractivity contribution < 1.29 is 18.6 Å². The van der Waals surface area contributed by atoms with Gasteiger partial charge in [0.05, 0.1) is 0 Å². The van der Waals surface area contributed by atoms with Crippen molar-refractivity contribution in [2.75, 3.05) is 13.2 Å². The third-order valence-electron chi connectivity index (χ3n) is 2.34. The molecule has 0 saturated carbocycles. The third-order valence-corrected chi connectivity index (χ3v) is 2.34. The molecule has 1 rings (SSSR count). The van der Waals surface area contributed by atoms with Gasteiger partial charge in [-0.15, -0.1) is 0 Å². The molecule has 0 heterocycles. The molecule has 16 heavy (non-hydrogen) atoms. The topological polar surface area (TPSA) is 55.5 Å². The van der Waals surface area contributed by atoms with E-state index >= 15 is 0 Å². The van der Waals surface area contributed by atoms with Gasteiger partial charge < -0.3 is 15.6 Å². The van der Waals surface area contributed by atoms with Gasteiger partial charge in [-0.3, -0.25) is 0 Å². The van der Waals surface area contributed by atoms with Gasteiger partial charge in [-0.05, 0) is 36.6 Å². The Bertz CT molecular complexity index is 303. The van der Waals surface area contributed by atoms with Gasteiger partial charge in [0.1, 0.15) is 5.75 Å². The Labute approximate surface area is 92.8 Å². The first-order valence-corrected chi connectivity index (χ1v) is 5.03. The van der Waals surface area contributed by atoms with Crippen LogP contribution in [0.15, 0.2) is 24.3 Å². The summed E-state index contributed by atoms with van der Waals surface area (Å²) in [5, 5.41) is 8.82. The maximum absolute atomic E-state index is 11.9. The van der Waals surface area contributed by atoms with Crippen LogP contribution in [0, 0.1) is 0 Å². The predicted molar refractivity (Wildman–Crippen MR) is 56.6 cm³/mol. The average molecular weight is 231 g/mol. The molecule has 1 aromatic carbocycles. The van der Waals surface area contributed by atoms with E-state index in [0.717, 1.165) is 5.56 Å². The van der Waals surface area contributed by atoms with Crippen molar-refractivity contribution in [1.29, 1.82) is 0 Å².